The van der Waals surface area contributed by atoms with Crippen LogP contribution in [0.4, 0.5) is 4.39 Å². The molecule has 0 aliphatic rings. The molecule has 0 aromatic heterocycles. The Morgan fingerprint density at radius 3 is 2.50 bits per heavy atom. The molecular weight excluding hydrogens is 290 g/mol. The van der Waals surface area contributed by atoms with Gasteiger partial charge in [0.2, 0.25) is 0 Å². The highest BCUT2D eigenvalue weighted by atomic mass is 79.9. The molecule has 1 unspecified atom stereocenters. The molecule has 3 heteroatoms. The molecule has 0 saturated heterocycles. The molecule has 1 atom stereocenters. The molecule has 0 spiro atoms. The number of benzene rings is 1. The molecule has 0 aliphatic carbocycles. The second-order valence-corrected chi connectivity index (χ2v) is 6.58. The van der Waals surface area contributed by atoms with E-state index in [-0.39, 0.29) is 11.2 Å². The zero-order chi connectivity index (χ0) is 12.3. The Balaban J connectivity index is 2.69. The molecule has 0 aliphatic heterocycles. The smallest absolute Gasteiger partial charge is 0.127 e. The highest BCUT2D eigenvalue weighted by Crippen LogP contribution is 2.31. The maximum absolute atomic E-state index is 13.5. The first kappa shape index (κ1) is 14.0. The van der Waals surface area contributed by atoms with Crippen molar-refractivity contribution in [3.63, 3.8) is 0 Å². The van der Waals surface area contributed by atoms with Crippen LogP contribution in [0.1, 0.15) is 32.8 Å². The van der Waals surface area contributed by atoms with Gasteiger partial charge < -0.3 is 0 Å². The standard InChI is InChI=1S/C13H17BrClF/c1-13(2,3)12(14)8-7-9-10(15)5-4-6-11(9)16/h4-6,12H,7-8H2,1-3H3. The zero-order valence-corrected chi connectivity index (χ0v) is 12.2. The van der Waals surface area contributed by atoms with Crippen molar-refractivity contribution in [1.82, 2.24) is 0 Å². The van der Waals surface area contributed by atoms with Crippen LogP contribution in [0.3, 0.4) is 0 Å². The predicted molar refractivity (Wildman–Crippen MR) is 71.9 cm³/mol. The molecule has 1 aromatic rings. The molecule has 0 saturated carbocycles. The molecule has 0 amide bonds. The van der Waals surface area contributed by atoms with E-state index in [1.54, 1.807) is 12.1 Å². The highest BCUT2D eigenvalue weighted by Gasteiger charge is 2.22. The summed E-state index contributed by atoms with van der Waals surface area (Å²) >= 11 is 9.61. The summed E-state index contributed by atoms with van der Waals surface area (Å²) in [6, 6.07) is 4.83. The Kier molecular flexibility index (Phi) is 4.81. The predicted octanol–water partition coefficient (Wildman–Crippen LogP) is 5.22. The normalized spacial score (nSPS) is 13.9. The summed E-state index contributed by atoms with van der Waals surface area (Å²) in [5, 5.41) is 0.522. The lowest BCUT2D eigenvalue weighted by atomic mass is 9.88. The summed E-state index contributed by atoms with van der Waals surface area (Å²) in [5.41, 5.74) is 0.801. The maximum Gasteiger partial charge on any atom is 0.127 e. The minimum Gasteiger partial charge on any atom is -0.207 e. The van der Waals surface area contributed by atoms with Crippen molar-refractivity contribution < 1.29 is 4.39 Å². The van der Waals surface area contributed by atoms with E-state index in [1.165, 1.54) is 6.07 Å². The molecule has 1 aromatic carbocycles. The van der Waals surface area contributed by atoms with E-state index in [4.69, 9.17) is 11.6 Å². The number of hydrogen-bond acceptors (Lipinski definition) is 0. The van der Waals surface area contributed by atoms with Crippen LogP contribution >= 0.6 is 27.5 Å². The lowest BCUT2D eigenvalue weighted by Crippen LogP contribution is -2.20. The van der Waals surface area contributed by atoms with Gasteiger partial charge in [-0.3, -0.25) is 0 Å². The molecule has 0 bridgehead atoms. The minimum absolute atomic E-state index is 0.178. The van der Waals surface area contributed by atoms with Gasteiger partial charge in [0.25, 0.3) is 0 Å². The SMILES string of the molecule is CC(C)(C)C(Br)CCc1c(F)cccc1Cl. The van der Waals surface area contributed by atoms with Gasteiger partial charge in [0.15, 0.2) is 0 Å². The lowest BCUT2D eigenvalue weighted by molar-refractivity contribution is 0.384. The fourth-order valence-corrected chi connectivity index (χ4v) is 1.96. The number of rotatable bonds is 3. The van der Waals surface area contributed by atoms with Crippen molar-refractivity contribution in [2.24, 2.45) is 5.41 Å². The molecule has 0 N–H and O–H groups in total. The molecular formula is C13H17BrClF. The van der Waals surface area contributed by atoms with Crippen LogP contribution in [-0.2, 0) is 6.42 Å². The Hall–Kier alpha value is -0.0800. The maximum atomic E-state index is 13.5. The molecule has 0 heterocycles. The Morgan fingerprint density at radius 2 is 2.00 bits per heavy atom. The van der Waals surface area contributed by atoms with Gasteiger partial charge >= 0.3 is 0 Å². The Morgan fingerprint density at radius 1 is 1.38 bits per heavy atom. The zero-order valence-electron chi connectivity index (χ0n) is 9.86. The van der Waals surface area contributed by atoms with Crippen LogP contribution < -0.4 is 0 Å². The van der Waals surface area contributed by atoms with Crippen LogP contribution in [0.5, 0.6) is 0 Å². The second kappa shape index (κ2) is 5.50. The van der Waals surface area contributed by atoms with E-state index in [9.17, 15) is 4.39 Å². The van der Waals surface area contributed by atoms with Crippen molar-refractivity contribution in [3.05, 3.63) is 34.6 Å². The average Bonchev–Trinajstić information content (AvgIpc) is 2.15. The third kappa shape index (κ3) is 3.74. The van der Waals surface area contributed by atoms with Crippen molar-refractivity contribution in [2.75, 3.05) is 0 Å². The number of alkyl halides is 1. The number of halogens is 3. The van der Waals surface area contributed by atoms with Crippen LogP contribution in [0.25, 0.3) is 0 Å². The fraction of sp³-hybridized carbons (Fsp3) is 0.538. The monoisotopic (exact) mass is 306 g/mol. The summed E-state index contributed by atoms with van der Waals surface area (Å²) in [4.78, 5) is 0.357. The third-order valence-electron chi connectivity index (χ3n) is 2.65. The van der Waals surface area contributed by atoms with Gasteiger partial charge in [-0.05, 0) is 30.4 Å². The highest BCUT2D eigenvalue weighted by molar-refractivity contribution is 9.09. The van der Waals surface area contributed by atoms with Crippen molar-refractivity contribution in [3.8, 4) is 0 Å². The first-order chi connectivity index (χ1) is 7.32. The molecule has 1 rings (SSSR count). The quantitative estimate of drug-likeness (QED) is 0.671. The summed E-state index contributed by atoms with van der Waals surface area (Å²) < 4.78 is 13.5. The van der Waals surface area contributed by atoms with Gasteiger partial charge in [0.1, 0.15) is 5.82 Å². The molecule has 90 valence electrons. The van der Waals surface area contributed by atoms with Crippen LogP contribution in [0, 0.1) is 11.2 Å². The summed E-state index contributed by atoms with van der Waals surface area (Å²) in [5.74, 6) is -0.207. The van der Waals surface area contributed by atoms with E-state index >= 15 is 0 Å². The van der Waals surface area contributed by atoms with Gasteiger partial charge in [0.05, 0.1) is 0 Å². The summed E-state index contributed by atoms with van der Waals surface area (Å²) in [6.07, 6.45) is 1.54. The molecule has 0 fully saturated rings. The summed E-state index contributed by atoms with van der Waals surface area (Å²) in [6.45, 7) is 6.49. The van der Waals surface area contributed by atoms with E-state index in [2.05, 4.69) is 36.7 Å². The Labute approximate surface area is 110 Å². The van der Waals surface area contributed by atoms with E-state index < -0.39 is 0 Å². The first-order valence-corrected chi connectivity index (χ1v) is 6.68. The number of hydrogen-bond donors (Lipinski definition) is 0. The van der Waals surface area contributed by atoms with Gasteiger partial charge in [-0.15, -0.1) is 0 Å². The van der Waals surface area contributed by atoms with Crippen molar-refractivity contribution >= 4 is 27.5 Å². The average molecular weight is 308 g/mol. The van der Waals surface area contributed by atoms with E-state index in [1.807, 2.05) is 0 Å². The van der Waals surface area contributed by atoms with Gasteiger partial charge in [-0.1, -0.05) is 54.4 Å². The largest absolute Gasteiger partial charge is 0.207 e. The van der Waals surface area contributed by atoms with Crippen LogP contribution in [0.15, 0.2) is 18.2 Å². The van der Waals surface area contributed by atoms with Crippen molar-refractivity contribution in [2.45, 2.75) is 38.4 Å². The first-order valence-electron chi connectivity index (χ1n) is 5.39. The third-order valence-corrected chi connectivity index (χ3v) is 4.83. The molecule has 16 heavy (non-hydrogen) atoms. The van der Waals surface area contributed by atoms with Gasteiger partial charge in [-0.2, -0.15) is 0 Å². The second-order valence-electron chi connectivity index (χ2n) is 5.07. The van der Waals surface area contributed by atoms with Gasteiger partial charge in [0, 0.05) is 15.4 Å². The van der Waals surface area contributed by atoms with Crippen molar-refractivity contribution in [1.29, 1.82) is 0 Å². The molecule has 0 radical (unpaired) electrons. The van der Waals surface area contributed by atoms with Gasteiger partial charge in [-0.25, -0.2) is 4.39 Å². The van der Waals surface area contributed by atoms with E-state index in [0.717, 1.165) is 6.42 Å². The summed E-state index contributed by atoms with van der Waals surface area (Å²) in [7, 11) is 0. The Bertz CT molecular complexity index is 337. The van der Waals surface area contributed by atoms with Crippen LogP contribution in [0.2, 0.25) is 5.02 Å². The van der Waals surface area contributed by atoms with E-state index in [0.29, 0.717) is 21.8 Å². The fourth-order valence-electron chi connectivity index (χ4n) is 1.48. The molecule has 0 nitrogen and oxygen atoms in total. The minimum atomic E-state index is -0.207. The lowest BCUT2D eigenvalue weighted by Gasteiger charge is -2.25. The topological polar surface area (TPSA) is 0 Å². The van der Waals surface area contributed by atoms with Crippen LogP contribution in [-0.4, -0.2) is 4.83 Å².